The number of carbonyl (C=O) groups is 1. The summed E-state index contributed by atoms with van der Waals surface area (Å²) in [5.41, 5.74) is 7.41. The van der Waals surface area contributed by atoms with Gasteiger partial charge in [-0.25, -0.2) is 4.98 Å². The van der Waals surface area contributed by atoms with Gasteiger partial charge in [0.15, 0.2) is 5.52 Å². The topological polar surface area (TPSA) is 102 Å². The summed E-state index contributed by atoms with van der Waals surface area (Å²) < 4.78 is 0. The molecule has 2 heterocycles. The van der Waals surface area contributed by atoms with Crippen LogP contribution in [0.1, 0.15) is 18.5 Å². The second-order valence-electron chi connectivity index (χ2n) is 5.90. The average molecular weight is 314 g/mol. The number of nitrogens with zero attached hydrogens (tertiary/aromatic N) is 3. The predicted molar refractivity (Wildman–Crippen MR) is 87.3 cm³/mol. The lowest BCUT2D eigenvalue weighted by atomic mass is 9.96. The van der Waals surface area contributed by atoms with Crippen LogP contribution in [0.3, 0.4) is 0 Å². The number of para-hydroxylation sites is 1. The molecule has 1 aromatic carbocycles. The van der Waals surface area contributed by atoms with E-state index < -0.39 is 4.92 Å². The van der Waals surface area contributed by atoms with Crippen LogP contribution in [0.2, 0.25) is 0 Å². The summed E-state index contributed by atoms with van der Waals surface area (Å²) in [7, 11) is 0. The molecule has 0 saturated carbocycles. The molecular formula is C16H18N4O3. The molecule has 0 bridgehead atoms. The SMILES string of the molecule is Cc1cc(N2CCCC(C(N)=O)C2)c2cccc([N+](=O)[O-])c2n1. The monoisotopic (exact) mass is 314 g/mol. The minimum Gasteiger partial charge on any atom is -0.370 e. The van der Waals surface area contributed by atoms with Crippen LogP contribution in [0.5, 0.6) is 0 Å². The van der Waals surface area contributed by atoms with Gasteiger partial charge < -0.3 is 10.6 Å². The third-order valence-corrected chi connectivity index (χ3v) is 4.29. The van der Waals surface area contributed by atoms with Gasteiger partial charge >= 0.3 is 0 Å². The number of aromatic nitrogens is 1. The quantitative estimate of drug-likeness (QED) is 0.690. The first-order chi connectivity index (χ1) is 11.0. The van der Waals surface area contributed by atoms with Gasteiger partial charge in [0.05, 0.1) is 10.8 Å². The van der Waals surface area contributed by atoms with Crippen molar-refractivity contribution in [2.75, 3.05) is 18.0 Å². The maximum atomic E-state index is 11.5. The first kappa shape index (κ1) is 15.2. The standard InChI is InChI=1S/C16H18N4O3/c1-10-8-14(19-7-3-4-11(9-19)16(17)21)12-5-2-6-13(20(22)23)15(12)18-10/h2,5-6,8,11H,3-4,7,9H2,1H3,(H2,17,21). The van der Waals surface area contributed by atoms with Gasteiger partial charge in [-0.15, -0.1) is 0 Å². The summed E-state index contributed by atoms with van der Waals surface area (Å²) in [6.45, 7) is 3.15. The second-order valence-corrected chi connectivity index (χ2v) is 5.90. The minimum absolute atomic E-state index is 0.00379. The Morgan fingerprint density at radius 1 is 1.48 bits per heavy atom. The van der Waals surface area contributed by atoms with E-state index in [0.29, 0.717) is 17.8 Å². The Labute approximate surface area is 133 Å². The molecule has 7 heteroatoms. The van der Waals surface area contributed by atoms with E-state index in [2.05, 4.69) is 9.88 Å². The van der Waals surface area contributed by atoms with Crippen LogP contribution in [0.25, 0.3) is 10.9 Å². The Hall–Kier alpha value is -2.70. The molecule has 1 aliphatic rings. The lowest BCUT2D eigenvalue weighted by Gasteiger charge is -2.33. The lowest BCUT2D eigenvalue weighted by Crippen LogP contribution is -2.41. The fourth-order valence-corrected chi connectivity index (χ4v) is 3.18. The van der Waals surface area contributed by atoms with Crippen LogP contribution in [0.15, 0.2) is 24.3 Å². The van der Waals surface area contributed by atoms with E-state index in [1.54, 1.807) is 6.07 Å². The highest BCUT2D eigenvalue weighted by Gasteiger charge is 2.26. The number of primary amides is 1. The number of non-ortho nitro benzene ring substituents is 1. The number of aryl methyl sites for hydroxylation is 1. The fraction of sp³-hybridized carbons (Fsp3) is 0.375. The molecule has 1 unspecified atom stereocenters. The zero-order valence-corrected chi connectivity index (χ0v) is 12.9. The molecule has 1 amide bonds. The summed E-state index contributed by atoms with van der Waals surface area (Å²) in [5.74, 6) is -0.485. The van der Waals surface area contributed by atoms with Crippen molar-refractivity contribution >= 4 is 28.2 Å². The lowest BCUT2D eigenvalue weighted by molar-refractivity contribution is -0.383. The maximum Gasteiger partial charge on any atom is 0.295 e. The molecule has 2 N–H and O–H groups in total. The minimum atomic E-state index is -0.416. The van der Waals surface area contributed by atoms with Crippen LogP contribution >= 0.6 is 0 Å². The fourth-order valence-electron chi connectivity index (χ4n) is 3.18. The highest BCUT2D eigenvalue weighted by molar-refractivity contribution is 5.97. The van der Waals surface area contributed by atoms with Gasteiger partial charge in [0, 0.05) is 35.9 Å². The number of fused-ring (bicyclic) bond motifs is 1. The van der Waals surface area contributed by atoms with Crippen molar-refractivity contribution in [3.8, 4) is 0 Å². The molecule has 23 heavy (non-hydrogen) atoms. The molecule has 1 atom stereocenters. The van der Waals surface area contributed by atoms with Gasteiger partial charge in [0.2, 0.25) is 5.91 Å². The molecule has 1 aliphatic heterocycles. The second kappa shape index (κ2) is 5.83. The summed E-state index contributed by atoms with van der Waals surface area (Å²) in [6.07, 6.45) is 1.65. The number of nitro benzene ring substituents is 1. The molecule has 2 aromatic rings. The van der Waals surface area contributed by atoms with Crippen LogP contribution in [0, 0.1) is 23.0 Å². The van der Waals surface area contributed by atoms with Gasteiger partial charge in [-0.2, -0.15) is 0 Å². The summed E-state index contributed by atoms with van der Waals surface area (Å²) in [5, 5.41) is 12.0. The van der Waals surface area contributed by atoms with Crippen molar-refractivity contribution in [1.29, 1.82) is 0 Å². The van der Waals surface area contributed by atoms with Crippen LogP contribution < -0.4 is 10.6 Å². The van der Waals surface area contributed by atoms with Gasteiger partial charge in [0.1, 0.15) is 0 Å². The van der Waals surface area contributed by atoms with Crippen molar-refractivity contribution in [1.82, 2.24) is 4.98 Å². The summed E-state index contributed by atoms with van der Waals surface area (Å²) >= 11 is 0. The Morgan fingerprint density at radius 3 is 2.96 bits per heavy atom. The zero-order chi connectivity index (χ0) is 16.6. The molecule has 0 aliphatic carbocycles. The van der Waals surface area contributed by atoms with Gasteiger partial charge in [-0.1, -0.05) is 12.1 Å². The number of nitrogens with two attached hydrogens (primary N) is 1. The number of carbonyl (C=O) groups excluding carboxylic acids is 1. The Morgan fingerprint density at radius 2 is 2.26 bits per heavy atom. The van der Waals surface area contributed by atoms with Crippen molar-refractivity contribution in [3.05, 3.63) is 40.1 Å². The molecule has 3 rings (SSSR count). The Kier molecular flexibility index (Phi) is 3.85. The molecule has 0 spiro atoms. The first-order valence-electron chi connectivity index (χ1n) is 7.56. The van der Waals surface area contributed by atoms with E-state index in [0.717, 1.165) is 30.5 Å². The Balaban J connectivity index is 2.12. The van der Waals surface area contributed by atoms with E-state index >= 15 is 0 Å². The number of amides is 1. The van der Waals surface area contributed by atoms with Crippen molar-refractivity contribution in [2.45, 2.75) is 19.8 Å². The van der Waals surface area contributed by atoms with Crippen molar-refractivity contribution in [2.24, 2.45) is 11.7 Å². The van der Waals surface area contributed by atoms with Crippen LogP contribution in [-0.4, -0.2) is 28.9 Å². The van der Waals surface area contributed by atoms with E-state index in [1.165, 1.54) is 6.07 Å². The normalized spacial score (nSPS) is 18.1. The molecule has 120 valence electrons. The van der Waals surface area contributed by atoms with E-state index in [4.69, 9.17) is 5.73 Å². The number of hydrogen-bond donors (Lipinski definition) is 1. The number of hydrogen-bond acceptors (Lipinski definition) is 5. The van der Waals surface area contributed by atoms with E-state index in [9.17, 15) is 14.9 Å². The van der Waals surface area contributed by atoms with Gasteiger partial charge in [0.25, 0.3) is 5.69 Å². The smallest absolute Gasteiger partial charge is 0.295 e. The summed E-state index contributed by atoms with van der Waals surface area (Å²) in [4.78, 5) is 28.8. The third kappa shape index (κ3) is 2.81. The molecule has 1 saturated heterocycles. The van der Waals surface area contributed by atoms with E-state index in [1.807, 2.05) is 19.1 Å². The zero-order valence-electron chi connectivity index (χ0n) is 12.9. The van der Waals surface area contributed by atoms with Crippen molar-refractivity contribution in [3.63, 3.8) is 0 Å². The number of benzene rings is 1. The number of piperidine rings is 1. The largest absolute Gasteiger partial charge is 0.370 e. The number of pyridine rings is 1. The number of rotatable bonds is 3. The van der Waals surface area contributed by atoms with Crippen molar-refractivity contribution < 1.29 is 9.72 Å². The van der Waals surface area contributed by atoms with Crippen LogP contribution in [-0.2, 0) is 4.79 Å². The van der Waals surface area contributed by atoms with E-state index in [-0.39, 0.29) is 17.5 Å². The predicted octanol–water partition coefficient (Wildman–Crippen LogP) is 2.15. The molecule has 1 fully saturated rings. The first-order valence-corrected chi connectivity index (χ1v) is 7.56. The maximum absolute atomic E-state index is 11.5. The van der Waals surface area contributed by atoms with Crippen LogP contribution in [0.4, 0.5) is 11.4 Å². The van der Waals surface area contributed by atoms with Gasteiger partial charge in [-0.3, -0.25) is 14.9 Å². The molecular weight excluding hydrogens is 296 g/mol. The number of anilines is 1. The highest BCUT2D eigenvalue weighted by Crippen LogP contribution is 2.34. The molecule has 7 nitrogen and oxygen atoms in total. The highest BCUT2D eigenvalue weighted by atomic mass is 16.6. The Bertz CT molecular complexity index is 790. The third-order valence-electron chi connectivity index (χ3n) is 4.29. The molecule has 0 radical (unpaired) electrons. The number of nitro groups is 1. The average Bonchev–Trinajstić information content (AvgIpc) is 2.53. The van der Waals surface area contributed by atoms with Gasteiger partial charge in [-0.05, 0) is 25.8 Å². The summed E-state index contributed by atoms with van der Waals surface area (Å²) in [6, 6.07) is 6.87. The molecule has 1 aromatic heterocycles.